The molecule has 1 saturated heterocycles. The Kier molecular flexibility index (Phi) is 6.09. The molecule has 1 aliphatic heterocycles. The predicted molar refractivity (Wildman–Crippen MR) is 99.6 cm³/mol. The van der Waals surface area contributed by atoms with Crippen molar-refractivity contribution in [2.75, 3.05) is 32.6 Å². The van der Waals surface area contributed by atoms with Gasteiger partial charge in [0.25, 0.3) is 0 Å². The zero-order valence-electron chi connectivity index (χ0n) is 14.1. The van der Waals surface area contributed by atoms with Crippen molar-refractivity contribution in [3.05, 3.63) is 29.3 Å². The maximum absolute atomic E-state index is 12.1. The van der Waals surface area contributed by atoms with E-state index in [1.165, 1.54) is 0 Å². The van der Waals surface area contributed by atoms with Crippen molar-refractivity contribution in [1.82, 2.24) is 20.4 Å². The van der Waals surface area contributed by atoms with E-state index in [0.717, 1.165) is 40.7 Å². The van der Waals surface area contributed by atoms with Gasteiger partial charge in [0.05, 0.1) is 7.11 Å². The summed E-state index contributed by atoms with van der Waals surface area (Å²) in [6.07, 6.45) is 1.99. The molecule has 0 radical (unpaired) electrons. The molecular formula is C17H21ClN4O2S. The van der Waals surface area contributed by atoms with Gasteiger partial charge in [-0.15, -0.1) is 21.8 Å². The third kappa shape index (κ3) is 4.41. The predicted octanol–water partition coefficient (Wildman–Crippen LogP) is 3.34. The van der Waals surface area contributed by atoms with E-state index in [0.29, 0.717) is 19.0 Å². The SMILES string of the molecule is COc1ccc(-c2nnc([C@H]3CCCN(C(=O)NCCCl)C3)s2)cc1. The molecule has 0 aliphatic carbocycles. The van der Waals surface area contributed by atoms with Crippen LogP contribution < -0.4 is 10.1 Å². The van der Waals surface area contributed by atoms with Crippen molar-refractivity contribution in [3.63, 3.8) is 0 Å². The molecule has 1 aromatic carbocycles. The van der Waals surface area contributed by atoms with Crippen LogP contribution in [0, 0.1) is 0 Å². The van der Waals surface area contributed by atoms with E-state index in [9.17, 15) is 4.79 Å². The highest BCUT2D eigenvalue weighted by molar-refractivity contribution is 7.14. The van der Waals surface area contributed by atoms with Crippen molar-refractivity contribution in [1.29, 1.82) is 0 Å². The Morgan fingerprint density at radius 1 is 1.40 bits per heavy atom. The smallest absolute Gasteiger partial charge is 0.317 e. The topological polar surface area (TPSA) is 67.4 Å². The summed E-state index contributed by atoms with van der Waals surface area (Å²) in [4.78, 5) is 14.0. The number of hydrogen-bond donors (Lipinski definition) is 1. The van der Waals surface area contributed by atoms with Crippen molar-refractivity contribution < 1.29 is 9.53 Å². The fourth-order valence-electron chi connectivity index (χ4n) is 2.88. The van der Waals surface area contributed by atoms with Crippen LogP contribution in [0.25, 0.3) is 10.6 Å². The maximum atomic E-state index is 12.1. The summed E-state index contributed by atoms with van der Waals surface area (Å²) in [7, 11) is 1.65. The molecule has 2 heterocycles. The molecule has 0 unspecified atom stereocenters. The molecule has 6 nitrogen and oxygen atoms in total. The molecule has 25 heavy (non-hydrogen) atoms. The minimum absolute atomic E-state index is 0.0507. The fourth-order valence-corrected chi connectivity index (χ4v) is 3.95. The van der Waals surface area contributed by atoms with Gasteiger partial charge in [-0.1, -0.05) is 11.3 Å². The molecule has 3 rings (SSSR count). The molecule has 134 valence electrons. The Hall–Kier alpha value is -1.86. The van der Waals surface area contributed by atoms with E-state index in [1.54, 1.807) is 18.4 Å². The van der Waals surface area contributed by atoms with E-state index in [2.05, 4.69) is 15.5 Å². The molecule has 1 aromatic heterocycles. The van der Waals surface area contributed by atoms with Crippen molar-refractivity contribution in [2.24, 2.45) is 0 Å². The molecule has 2 amide bonds. The van der Waals surface area contributed by atoms with Gasteiger partial charge in [-0.25, -0.2) is 4.79 Å². The third-order valence-electron chi connectivity index (χ3n) is 4.21. The van der Waals surface area contributed by atoms with Gasteiger partial charge in [0, 0.05) is 37.0 Å². The monoisotopic (exact) mass is 380 g/mol. The minimum Gasteiger partial charge on any atom is -0.497 e. The van der Waals surface area contributed by atoms with E-state index in [-0.39, 0.29) is 11.9 Å². The summed E-state index contributed by atoms with van der Waals surface area (Å²) in [5, 5.41) is 13.4. The van der Waals surface area contributed by atoms with E-state index < -0.39 is 0 Å². The van der Waals surface area contributed by atoms with Crippen LogP contribution in [-0.4, -0.2) is 53.8 Å². The molecule has 0 saturated carbocycles. The quantitative estimate of drug-likeness (QED) is 0.808. The molecule has 1 aliphatic rings. The Morgan fingerprint density at radius 2 is 2.20 bits per heavy atom. The fraction of sp³-hybridized carbons (Fsp3) is 0.471. The average Bonchev–Trinajstić information content (AvgIpc) is 3.16. The molecule has 0 bridgehead atoms. The first-order valence-corrected chi connectivity index (χ1v) is 9.63. The number of amides is 2. The third-order valence-corrected chi connectivity index (χ3v) is 5.53. The Balaban J connectivity index is 1.67. The van der Waals surface area contributed by atoms with Crippen molar-refractivity contribution in [2.45, 2.75) is 18.8 Å². The molecule has 1 atom stereocenters. The first kappa shape index (κ1) is 17.9. The van der Waals surface area contributed by atoms with Crippen LogP contribution in [0.15, 0.2) is 24.3 Å². The molecule has 2 aromatic rings. The lowest BCUT2D eigenvalue weighted by Gasteiger charge is -2.31. The Morgan fingerprint density at radius 3 is 2.92 bits per heavy atom. The second-order valence-corrected chi connectivity index (χ2v) is 7.27. The van der Waals surface area contributed by atoms with Crippen LogP contribution in [0.4, 0.5) is 4.79 Å². The normalized spacial score (nSPS) is 17.4. The van der Waals surface area contributed by atoms with Crippen LogP contribution in [0.5, 0.6) is 5.75 Å². The largest absolute Gasteiger partial charge is 0.497 e. The second-order valence-electron chi connectivity index (χ2n) is 5.88. The molecular weight excluding hydrogens is 360 g/mol. The maximum Gasteiger partial charge on any atom is 0.317 e. The number of piperidine rings is 1. The lowest BCUT2D eigenvalue weighted by atomic mass is 9.99. The van der Waals surface area contributed by atoms with Gasteiger partial charge < -0.3 is 15.0 Å². The summed E-state index contributed by atoms with van der Waals surface area (Å²) in [6.45, 7) is 1.93. The lowest BCUT2D eigenvalue weighted by molar-refractivity contribution is 0.180. The first-order chi connectivity index (χ1) is 12.2. The number of carbonyl (C=O) groups excluding carboxylic acids is 1. The average molecular weight is 381 g/mol. The zero-order chi connectivity index (χ0) is 17.6. The van der Waals surface area contributed by atoms with Crippen LogP contribution in [0.1, 0.15) is 23.8 Å². The van der Waals surface area contributed by atoms with Crippen molar-refractivity contribution >= 4 is 29.0 Å². The zero-order valence-corrected chi connectivity index (χ0v) is 15.6. The summed E-state index contributed by atoms with van der Waals surface area (Å²) in [5.41, 5.74) is 1.03. The summed E-state index contributed by atoms with van der Waals surface area (Å²) < 4.78 is 5.18. The highest BCUT2D eigenvalue weighted by atomic mass is 35.5. The number of methoxy groups -OCH3 is 1. The van der Waals surface area contributed by atoms with E-state index in [4.69, 9.17) is 16.3 Å². The molecule has 8 heteroatoms. The van der Waals surface area contributed by atoms with Crippen LogP contribution in [0.3, 0.4) is 0 Å². The van der Waals surface area contributed by atoms with E-state index in [1.807, 2.05) is 29.2 Å². The van der Waals surface area contributed by atoms with Gasteiger partial charge in [-0.2, -0.15) is 0 Å². The minimum atomic E-state index is -0.0507. The number of benzene rings is 1. The van der Waals surface area contributed by atoms with Gasteiger partial charge in [0.2, 0.25) is 0 Å². The highest BCUT2D eigenvalue weighted by Crippen LogP contribution is 2.33. The van der Waals surface area contributed by atoms with Gasteiger partial charge in [0.1, 0.15) is 15.8 Å². The number of carbonyl (C=O) groups is 1. The molecule has 1 N–H and O–H groups in total. The number of rotatable bonds is 5. The Bertz CT molecular complexity index is 707. The highest BCUT2D eigenvalue weighted by Gasteiger charge is 2.27. The number of ether oxygens (including phenoxy) is 1. The van der Waals surface area contributed by atoms with Crippen LogP contribution in [0.2, 0.25) is 0 Å². The standard InChI is InChI=1S/C17H21ClN4O2S/c1-24-14-6-4-12(5-7-14)15-20-21-16(25-15)13-3-2-10-22(11-13)17(23)19-9-8-18/h4-7,13H,2-3,8-11H2,1H3,(H,19,23)/t13-/m0/s1. The second kappa shape index (κ2) is 8.49. The van der Waals surface area contributed by atoms with Crippen molar-refractivity contribution in [3.8, 4) is 16.3 Å². The van der Waals surface area contributed by atoms with Gasteiger partial charge in [-0.3, -0.25) is 0 Å². The molecule has 0 spiro atoms. The number of aromatic nitrogens is 2. The lowest BCUT2D eigenvalue weighted by Crippen LogP contribution is -2.45. The summed E-state index contributed by atoms with van der Waals surface area (Å²) in [5.74, 6) is 1.48. The number of hydrogen-bond acceptors (Lipinski definition) is 5. The number of alkyl halides is 1. The first-order valence-electron chi connectivity index (χ1n) is 8.28. The number of likely N-dealkylation sites (tertiary alicyclic amines) is 1. The van der Waals surface area contributed by atoms with Gasteiger partial charge in [-0.05, 0) is 37.1 Å². The number of nitrogens with zero attached hydrogens (tertiary/aromatic N) is 3. The van der Waals surface area contributed by atoms with Crippen LogP contribution >= 0.6 is 22.9 Å². The van der Waals surface area contributed by atoms with Gasteiger partial charge in [0.15, 0.2) is 0 Å². The number of nitrogens with one attached hydrogen (secondary N) is 1. The summed E-state index contributed by atoms with van der Waals surface area (Å²) in [6, 6.07) is 7.75. The van der Waals surface area contributed by atoms with Gasteiger partial charge >= 0.3 is 6.03 Å². The Labute approximate surface area is 156 Å². The number of halogens is 1. The summed E-state index contributed by atoms with van der Waals surface area (Å²) >= 11 is 7.23. The van der Waals surface area contributed by atoms with E-state index >= 15 is 0 Å². The number of urea groups is 1. The van der Waals surface area contributed by atoms with Crippen LogP contribution in [-0.2, 0) is 0 Å². The molecule has 1 fully saturated rings.